The minimum Gasteiger partial charge on any atom is -0.336 e. The highest BCUT2D eigenvalue weighted by Crippen LogP contribution is 2.17. The highest BCUT2D eigenvalue weighted by atomic mass is 15.0. The number of nitrogens with two attached hydrogens (primary N) is 1. The van der Waals surface area contributed by atoms with Crippen LogP contribution in [0.1, 0.15) is 22.9 Å². The van der Waals surface area contributed by atoms with E-state index < -0.39 is 0 Å². The van der Waals surface area contributed by atoms with E-state index in [-0.39, 0.29) is 6.04 Å². The minimum atomic E-state index is -0.142. The van der Waals surface area contributed by atoms with Gasteiger partial charge in [0.05, 0.1) is 29.7 Å². The Morgan fingerprint density at radius 2 is 2.24 bits per heavy atom. The Morgan fingerprint density at radius 3 is 2.88 bits per heavy atom. The van der Waals surface area contributed by atoms with Crippen molar-refractivity contribution in [1.29, 1.82) is 5.26 Å². The van der Waals surface area contributed by atoms with Crippen molar-refractivity contribution in [3.8, 4) is 6.07 Å². The molecule has 0 fully saturated rings. The van der Waals surface area contributed by atoms with E-state index in [4.69, 9.17) is 11.0 Å². The van der Waals surface area contributed by atoms with Gasteiger partial charge in [-0.1, -0.05) is 18.2 Å². The monoisotopic (exact) mass is 226 g/mol. The molecule has 0 spiro atoms. The molecule has 0 radical (unpaired) electrons. The number of rotatable bonds is 3. The van der Waals surface area contributed by atoms with Crippen LogP contribution in [0.15, 0.2) is 36.8 Å². The van der Waals surface area contributed by atoms with Crippen LogP contribution in [0.3, 0.4) is 0 Å². The highest BCUT2D eigenvalue weighted by molar-refractivity contribution is 5.38. The lowest BCUT2D eigenvalue weighted by Gasteiger charge is -2.13. The maximum Gasteiger partial charge on any atom is 0.0994 e. The SMILES string of the molecule is Cn1cncc1C(N)Cc1ccccc1C#N. The first-order valence-corrected chi connectivity index (χ1v) is 5.42. The number of hydrogen-bond acceptors (Lipinski definition) is 3. The van der Waals surface area contributed by atoms with Crippen LogP contribution >= 0.6 is 0 Å². The number of benzene rings is 1. The van der Waals surface area contributed by atoms with Gasteiger partial charge in [0.1, 0.15) is 0 Å². The van der Waals surface area contributed by atoms with E-state index in [1.54, 1.807) is 12.5 Å². The van der Waals surface area contributed by atoms with E-state index in [2.05, 4.69) is 11.1 Å². The molecule has 1 atom stereocenters. The zero-order chi connectivity index (χ0) is 12.3. The number of nitrogens with zero attached hydrogens (tertiary/aromatic N) is 3. The van der Waals surface area contributed by atoms with Crippen molar-refractivity contribution in [2.75, 3.05) is 0 Å². The molecule has 4 heteroatoms. The van der Waals surface area contributed by atoms with E-state index >= 15 is 0 Å². The molecule has 0 aliphatic carbocycles. The van der Waals surface area contributed by atoms with Crippen LogP contribution < -0.4 is 5.73 Å². The summed E-state index contributed by atoms with van der Waals surface area (Å²) >= 11 is 0. The predicted octanol–water partition coefficient (Wildman–Crippen LogP) is 1.53. The van der Waals surface area contributed by atoms with Crippen LogP contribution in [0.5, 0.6) is 0 Å². The molecule has 1 aromatic carbocycles. The van der Waals surface area contributed by atoms with Gasteiger partial charge in [-0.2, -0.15) is 5.26 Å². The maximum atomic E-state index is 9.01. The fourth-order valence-electron chi connectivity index (χ4n) is 1.87. The summed E-state index contributed by atoms with van der Waals surface area (Å²) < 4.78 is 1.90. The van der Waals surface area contributed by atoms with Crippen molar-refractivity contribution in [3.63, 3.8) is 0 Å². The lowest BCUT2D eigenvalue weighted by molar-refractivity contribution is 0.655. The molecule has 0 amide bonds. The van der Waals surface area contributed by atoms with Crippen molar-refractivity contribution < 1.29 is 0 Å². The predicted molar refractivity (Wildman–Crippen MR) is 65.0 cm³/mol. The van der Waals surface area contributed by atoms with E-state index in [1.807, 2.05) is 35.9 Å². The molecule has 0 bridgehead atoms. The number of imidazole rings is 1. The molecule has 1 aromatic heterocycles. The summed E-state index contributed by atoms with van der Waals surface area (Å²) in [6.07, 6.45) is 4.13. The third-order valence-electron chi connectivity index (χ3n) is 2.81. The zero-order valence-electron chi connectivity index (χ0n) is 9.67. The highest BCUT2D eigenvalue weighted by Gasteiger charge is 2.12. The van der Waals surface area contributed by atoms with Gasteiger partial charge in [-0.25, -0.2) is 4.98 Å². The number of aryl methyl sites for hydroxylation is 1. The quantitative estimate of drug-likeness (QED) is 0.863. The molecular weight excluding hydrogens is 212 g/mol. The molecule has 1 unspecified atom stereocenters. The Bertz CT molecular complexity index is 551. The number of aromatic nitrogens is 2. The van der Waals surface area contributed by atoms with Gasteiger partial charge in [0.15, 0.2) is 0 Å². The van der Waals surface area contributed by atoms with E-state index in [0.29, 0.717) is 12.0 Å². The summed E-state index contributed by atoms with van der Waals surface area (Å²) in [5, 5.41) is 9.01. The average molecular weight is 226 g/mol. The van der Waals surface area contributed by atoms with Crippen LogP contribution in [0.4, 0.5) is 0 Å². The Kier molecular flexibility index (Phi) is 3.22. The Morgan fingerprint density at radius 1 is 1.47 bits per heavy atom. The third-order valence-corrected chi connectivity index (χ3v) is 2.81. The van der Waals surface area contributed by atoms with Gasteiger partial charge in [0, 0.05) is 13.2 Å². The minimum absolute atomic E-state index is 0.142. The van der Waals surface area contributed by atoms with Crippen LogP contribution in [0, 0.1) is 11.3 Å². The molecule has 2 N–H and O–H groups in total. The van der Waals surface area contributed by atoms with E-state index in [1.165, 1.54) is 0 Å². The van der Waals surface area contributed by atoms with E-state index in [9.17, 15) is 0 Å². The second kappa shape index (κ2) is 4.81. The van der Waals surface area contributed by atoms with E-state index in [0.717, 1.165) is 11.3 Å². The van der Waals surface area contributed by atoms with Crippen molar-refractivity contribution in [2.45, 2.75) is 12.5 Å². The molecule has 0 aliphatic rings. The summed E-state index contributed by atoms with van der Waals surface area (Å²) in [5.74, 6) is 0. The van der Waals surface area contributed by atoms with Crippen molar-refractivity contribution in [1.82, 2.24) is 9.55 Å². The van der Waals surface area contributed by atoms with Crippen molar-refractivity contribution in [2.24, 2.45) is 12.8 Å². The van der Waals surface area contributed by atoms with Gasteiger partial charge >= 0.3 is 0 Å². The number of hydrogen-bond donors (Lipinski definition) is 1. The van der Waals surface area contributed by atoms with Gasteiger partial charge in [-0.05, 0) is 18.1 Å². The first-order chi connectivity index (χ1) is 8.22. The topological polar surface area (TPSA) is 67.6 Å². The average Bonchev–Trinajstić information content (AvgIpc) is 2.76. The zero-order valence-corrected chi connectivity index (χ0v) is 9.67. The normalized spacial score (nSPS) is 12.1. The van der Waals surface area contributed by atoms with Gasteiger partial charge in [-0.15, -0.1) is 0 Å². The molecule has 86 valence electrons. The van der Waals surface area contributed by atoms with Gasteiger partial charge in [0.25, 0.3) is 0 Å². The second-order valence-corrected chi connectivity index (χ2v) is 4.01. The molecule has 17 heavy (non-hydrogen) atoms. The second-order valence-electron chi connectivity index (χ2n) is 4.01. The molecule has 4 nitrogen and oxygen atoms in total. The first-order valence-electron chi connectivity index (χ1n) is 5.42. The van der Waals surface area contributed by atoms with Crippen LogP contribution in [0.2, 0.25) is 0 Å². The molecule has 1 heterocycles. The lowest BCUT2D eigenvalue weighted by Crippen LogP contribution is -2.17. The van der Waals surface area contributed by atoms with Gasteiger partial charge in [0.2, 0.25) is 0 Å². The molecule has 2 aromatic rings. The summed E-state index contributed by atoms with van der Waals surface area (Å²) in [6.45, 7) is 0. The smallest absolute Gasteiger partial charge is 0.0994 e. The Labute approximate surface area is 100 Å². The molecular formula is C13H14N4. The van der Waals surface area contributed by atoms with Crippen LogP contribution in [-0.2, 0) is 13.5 Å². The third kappa shape index (κ3) is 2.35. The summed E-state index contributed by atoms with van der Waals surface area (Å²) in [6, 6.07) is 9.57. The lowest BCUT2D eigenvalue weighted by atomic mass is 10.00. The first kappa shape index (κ1) is 11.4. The fraction of sp³-hybridized carbons (Fsp3) is 0.231. The van der Waals surface area contributed by atoms with Gasteiger partial charge < -0.3 is 10.3 Å². The summed E-state index contributed by atoms with van der Waals surface area (Å²) in [7, 11) is 1.92. The van der Waals surface area contributed by atoms with Crippen molar-refractivity contribution in [3.05, 3.63) is 53.6 Å². The standard InChI is InChI=1S/C13H14N4/c1-17-9-16-8-13(17)12(15)6-10-4-2-3-5-11(10)7-14/h2-5,8-9,12H,6,15H2,1H3. The summed E-state index contributed by atoms with van der Waals surface area (Å²) in [4.78, 5) is 4.04. The van der Waals surface area contributed by atoms with Crippen molar-refractivity contribution >= 4 is 0 Å². The number of nitriles is 1. The molecule has 0 saturated carbocycles. The largest absolute Gasteiger partial charge is 0.336 e. The summed E-state index contributed by atoms with van der Waals surface area (Å²) in [5.41, 5.74) is 8.76. The molecule has 0 aliphatic heterocycles. The molecule has 2 rings (SSSR count). The van der Waals surface area contributed by atoms with Crippen LogP contribution in [0.25, 0.3) is 0 Å². The molecule has 0 saturated heterocycles. The van der Waals surface area contributed by atoms with Gasteiger partial charge in [-0.3, -0.25) is 0 Å². The Hall–Kier alpha value is -2.12. The van der Waals surface area contributed by atoms with Crippen LogP contribution in [-0.4, -0.2) is 9.55 Å². The Balaban J connectivity index is 2.22. The fourth-order valence-corrected chi connectivity index (χ4v) is 1.87. The maximum absolute atomic E-state index is 9.01.